The lowest BCUT2D eigenvalue weighted by Gasteiger charge is -2.30. The summed E-state index contributed by atoms with van der Waals surface area (Å²) in [5.74, 6) is 0. The molecule has 0 aromatic heterocycles. The summed E-state index contributed by atoms with van der Waals surface area (Å²) in [5, 5.41) is 3.75. The first-order chi connectivity index (χ1) is 9.68. The number of benzene rings is 1. The Morgan fingerprint density at radius 1 is 1.20 bits per heavy atom. The number of aryl methyl sites for hydroxylation is 2. The van der Waals surface area contributed by atoms with Gasteiger partial charge in [0.1, 0.15) is 0 Å². The minimum Gasteiger partial charge on any atom is -0.313 e. The highest BCUT2D eigenvalue weighted by Crippen LogP contribution is 2.31. The standard InChI is InChI=1S/C19H29N/c1-3-11-19(2,14-20-18-9-10-18)13-15-7-8-16-5-4-6-17(16)12-15/h7-8,12,18,20H,3-6,9-11,13-14H2,1-2H3. The fraction of sp³-hybridized carbons (Fsp3) is 0.684. The second kappa shape index (κ2) is 5.89. The van der Waals surface area contributed by atoms with Gasteiger partial charge in [-0.2, -0.15) is 0 Å². The van der Waals surface area contributed by atoms with Gasteiger partial charge in [-0.15, -0.1) is 0 Å². The Balaban J connectivity index is 1.67. The SMILES string of the molecule is CCCC(C)(CNC1CC1)Cc1ccc2c(c1)CCC2. The Kier molecular flexibility index (Phi) is 4.16. The second-order valence-corrected chi connectivity index (χ2v) is 7.35. The van der Waals surface area contributed by atoms with Crippen LogP contribution >= 0.6 is 0 Å². The Hall–Kier alpha value is -0.820. The molecular formula is C19H29N. The quantitative estimate of drug-likeness (QED) is 0.780. The molecule has 1 aromatic rings. The van der Waals surface area contributed by atoms with Gasteiger partial charge in [-0.1, -0.05) is 38.5 Å². The number of hydrogen-bond acceptors (Lipinski definition) is 1. The van der Waals surface area contributed by atoms with Crippen LogP contribution in [0.1, 0.15) is 62.6 Å². The fourth-order valence-electron chi connectivity index (χ4n) is 3.75. The molecule has 0 radical (unpaired) electrons. The maximum absolute atomic E-state index is 3.75. The minimum atomic E-state index is 0.421. The van der Waals surface area contributed by atoms with Gasteiger partial charge in [-0.3, -0.25) is 0 Å². The topological polar surface area (TPSA) is 12.0 Å². The molecule has 1 aromatic carbocycles. The lowest BCUT2D eigenvalue weighted by Crippen LogP contribution is -2.34. The molecule has 0 heterocycles. The molecule has 0 bridgehead atoms. The molecule has 20 heavy (non-hydrogen) atoms. The van der Waals surface area contributed by atoms with Crippen LogP contribution in [0.25, 0.3) is 0 Å². The summed E-state index contributed by atoms with van der Waals surface area (Å²) >= 11 is 0. The summed E-state index contributed by atoms with van der Waals surface area (Å²) in [6.07, 6.45) is 10.6. The van der Waals surface area contributed by atoms with Crippen molar-refractivity contribution in [2.45, 2.75) is 71.3 Å². The van der Waals surface area contributed by atoms with Crippen LogP contribution in [-0.2, 0) is 19.3 Å². The smallest absolute Gasteiger partial charge is 0.00684 e. The highest BCUT2D eigenvalue weighted by molar-refractivity contribution is 5.35. The molecule has 0 saturated heterocycles. The normalized spacial score (nSPS) is 20.7. The number of fused-ring (bicyclic) bond motifs is 1. The van der Waals surface area contributed by atoms with Gasteiger partial charge < -0.3 is 5.32 Å². The van der Waals surface area contributed by atoms with Crippen molar-refractivity contribution in [2.75, 3.05) is 6.54 Å². The molecule has 2 aliphatic rings. The van der Waals surface area contributed by atoms with Crippen molar-refractivity contribution < 1.29 is 0 Å². The molecule has 1 nitrogen and oxygen atoms in total. The monoisotopic (exact) mass is 271 g/mol. The van der Waals surface area contributed by atoms with Gasteiger partial charge in [0, 0.05) is 12.6 Å². The Morgan fingerprint density at radius 2 is 2.00 bits per heavy atom. The van der Waals surface area contributed by atoms with Gasteiger partial charge in [0.05, 0.1) is 0 Å². The molecule has 1 atom stereocenters. The van der Waals surface area contributed by atoms with Gasteiger partial charge >= 0.3 is 0 Å². The molecule has 1 fully saturated rings. The van der Waals surface area contributed by atoms with E-state index in [4.69, 9.17) is 0 Å². The predicted octanol–water partition coefficient (Wildman–Crippen LogP) is 4.28. The zero-order valence-corrected chi connectivity index (χ0v) is 13.2. The van der Waals surface area contributed by atoms with Crippen LogP contribution in [0.2, 0.25) is 0 Å². The van der Waals surface area contributed by atoms with Crippen molar-refractivity contribution in [3.63, 3.8) is 0 Å². The van der Waals surface area contributed by atoms with Crippen molar-refractivity contribution in [1.82, 2.24) is 5.32 Å². The molecule has 3 rings (SSSR count). The van der Waals surface area contributed by atoms with Gasteiger partial charge in [-0.25, -0.2) is 0 Å². The summed E-state index contributed by atoms with van der Waals surface area (Å²) in [5.41, 5.74) is 5.20. The summed E-state index contributed by atoms with van der Waals surface area (Å²) in [4.78, 5) is 0. The van der Waals surface area contributed by atoms with E-state index < -0.39 is 0 Å². The van der Waals surface area contributed by atoms with Crippen molar-refractivity contribution in [1.29, 1.82) is 0 Å². The van der Waals surface area contributed by atoms with Gasteiger partial charge in [-0.05, 0) is 67.1 Å². The lowest BCUT2D eigenvalue weighted by atomic mass is 9.79. The van der Waals surface area contributed by atoms with Gasteiger partial charge in [0.15, 0.2) is 0 Å². The van der Waals surface area contributed by atoms with Gasteiger partial charge in [0.25, 0.3) is 0 Å². The third-order valence-electron chi connectivity index (χ3n) is 5.04. The highest BCUT2D eigenvalue weighted by Gasteiger charge is 2.28. The van der Waals surface area contributed by atoms with Crippen molar-refractivity contribution >= 4 is 0 Å². The van der Waals surface area contributed by atoms with Crippen LogP contribution in [0.5, 0.6) is 0 Å². The first-order valence-corrected chi connectivity index (χ1v) is 8.53. The summed E-state index contributed by atoms with van der Waals surface area (Å²) < 4.78 is 0. The van der Waals surface area contributed by atoms with Crippen LogP contribution in [0.4, 0.5) is 0 Å². The zero-order valence-electron chi connectivity index (χ0n) is 13.2. The van der Waals surface area contributed by atoms with E-state index in [2.05, 4.69) is 37.4 Å². The fourth-order valence-corrected chi connectivity index (χ4v) is 3.75. The average molecular weight is 271 g/mol. The molecule has 0 spiro atoms. The van der Waals surface area contributed by atoms with E-state index >= 15 is 0 Å². The van der Waals surface area contributed by atoms with E-state index in [1.54, 1.807) is 16.7 Å². The second-order valence-electron chi connectivity index (χ2n) is 7.35. The Morgan fingerprint density at radius 3 is 2.75 bits per heavy atom. The molecule has 110 valence electrons. The van der Waals surface area contributed by atoms with Crippen LogP contribution < -0.4 is 5.32 Å². The minimum absolute atomic E-state index is 0.421. The third kappa shape index (κ3) is 3.44. The molecule has 0 amide bonds. The molecule has 0 aliphatic heterocycles. The van der Waals surface area contributed by atoms with E-state index in [1.165, 1.54) is 57.9 Å². The Labute approximate surface area is 124 Å². The predicted molar refractivity (Wildman–Crippen MR) is 86.2 cm³/mol. The van der Waals surface area contributed by atoms with Gasteiger partial charge in [0.2, 0.25) is 0 Å². The molecule has 1 unspecified atom stereocenters. The molecule has 1 heteroatoms. The molecule has 2 aliphatic carbocycles. The largest absolute Gasteiger partial charge is 0.313 e. The Bertz CT molecular complexity index is 461. The van der Waals surface area contributed by atoms with E-state index in [0.717, 1.165) is 6.04 Å². The first kappa shape index (κ1) is 14.1. The number of rotatable bonds is 7. The van der Waals surface area contributed by atoms with E-state index in [1.807, 2.05) is 0 Å². The number of hydrogen-bond donors (Lipinski definition) is 1. The van der Waals surface area contributed by atoms with Crippen LogP contribution in [-0.4, -0.2) is 12.6 Å². The summed E-state index contributed by atoms with van der Waals surface area (Å²) in [6, 6.07) is 8.09. The molecular weight excluding hydrogens is 242 g/mol. The maximum Gasteiger partial charge on any atom is 0.00684 e. The molecule has 1 N–H and O–H groups in total. The van der Waals surface area contributed by atoms with Crippen molar-refractivity contribution in [3.8, 4) is 0 Å². The van der Waals surface area contributed by atoms with Crippen molar-refractivity contribution in [3.05, 3.63) is 34.9 Å². The van der Waals surface area contributed by atoms with Crippen LogP contribution in [0.15, 0.2) is 18.2 Å². The van der Waals surface area contributed by atoms with E-state index in [-0.39, 0.29) is 0 Å². The maximum atomic E-state index is 3.75. The summed E-state index contributed by atoms with van der Waals surface area (Å²) in [6.45, 7) is 5.97. The van der Waals surface area contributed by atoms with Crippen LogP contribution in [0.3, 0.4) is 0 Å². The zero-order chi connectivity index (χ0) is 14.0. The third-order valence-corrected chi connectivity index (χ3v) is 5.04. The first-order valence-electron chi connectivity index (χ1n) is 8.53. The van der Waals surface area contributed by atoms with E-state index in [9.17, 15) is 0 Å². The lowest BCUT2D eigenvalue weighted by molar-refractivity contribution is 0.274. The van der Waals surface area contributed by atoms with Crippen LogP contribution in [0, 0.1) is 5.41 Å². The highest BCUT2D eigenvalue weighted by atomic mass is 15.0. The summed E-state index contributed by atoms with van der Waals surface area (Å²) in [7, 11) is 0. The van der Waals surface area contributed by atoms with Crippen molar-refractivity contribution in [2.24, 2.45) is 5.41 Å². The van der Waals surface area contributed by atoms with E-state index in [0.29, 0.717) is 5.41 Å². The average Bonchev–Trinajstić information content (AvgIpc) is 3.14. The molecule has 1 saturated carbocycles. The number of nitrogens with one attached hydrogen (secondary N) is 1.